The van der Waals surface area contributed by atoms with E-state index in [0.29, 0.717) is 32.8 Å². The summed E-state index contributed by atoms with van der Waals surface area (Å²) in [5.74, 6) is -1.10. The zero-order chi connectivity index (χ0) is 15.0. The van der Waals surface area contributed by atoms with Crippen molar-refractivity contribution in [2.75, 3.05) is 40.0 Å². The molecule has 0 radical (unpaired) electrons. The summed E-state index contributed by atoms with van der Waals surface area (Å²) in [5, 5.41) is 21.0. The number of β-amino-alcohol motifs (C(OH)–C–C–N with tert-alkyl or cyclic N) is 1. The number of ether oxygens (including phenoxy) is 2. The molecule has 1 aliphatic heterocycles. The van der Waals surface area contributed by atoms with E-state index < -0.39 is 24.1 Å². The van der Waals surface area contributed by atoms with Gasteiger partial charge < -0.3 is 29.9 Å². The van der Waals surface area contributed by atoms with E-state index in [-0.39, 0.29) is 13.0 Å². The number of hydrogen-bond donors (Lipinski definition) is 3. The van der Waals surface area contributed by atoms with Crippen LogP contribution in [0.15, 0.2) is 0 Å². The van der Waals surface area contributed by atoms with E-state index in [2.05, 4.69) is 5.32 Å². The first-order valence-corrected chi connectivity index (χ1v) is 6.58. The Hall–Kier alpha value is -1.38. The van der Waals surface area contributed by atoms with Gasteiger partial charge in [0.15, 0.2) is 0 Å². The number of carboxylic acids is 1. The molecule has 0 aromatic heterocycles. The molecule has 0 aliphatic carbocycles. The van der Waals surface area contributed by atoms with E-state index in [1.165, 1.54) is 0 Å². The van der Waals surface area contributed by atoms with E-state index in [4.69, 9.17) is 14.6 Å². The number of likely N-dealkylation sites (tertiary alicyclic amines) is 1. The molecule has 2 atom stereocenters. The number of aliphatic hydroxyl groups excluding tert-OH is 1. The van der Waals surface area contributed by atoms with Gasteiger partial charge in [-0.2, -0.15) is 0 Å². The van der Waals surface area contributed by atoms with Crippen molar-refractivity contribution in [1.29, 1.82) is 0 Å². The highest BCUT2D eigenvalue weighted by Gasteiger charge is 2.38. The van der Waals surface area contributed by atoms with Crippen LogP contribution in [0.3, 0.4) is 0 Å². The minimum Gasteiger partial charge on any atom is -0.480 e. The summed E-state index contributed by atoms with van der Waals surface area (Å²) in [6.07, 6.45) is -0.0776. The number of carboxylic acid groups (broad SMARTS) is 1. The molecular weight excluding hydrogens is 268 g/mol. The predicted octanol–water partition coefficient (Wildman–Crippen LogP) is -0.731. The van der Waals surface area contributed by atoms with Crippen molar-refractivity contribution in [2.45, 2.75) is 25.0 Å². The molecule has 0 aromatic rings. The molecule has 1 unspecified atom stereocenters. The second-order valence-electron chi connectivity index (χ2n) is 4.59. The number of nitrogens with zero attached hydrogens (tertiary/aromatic N) is 1. The zero-order valence-corrected chi connectivity index (χ0v) is 11.6. The number of aliphatic carboxylic acids is 1. The summed E-state index contributed by atoms with van der Waals surface area (Å²) in [6, 6.07) is -1.42. The molecule has 8 nitrogen and oxygen atoms in total. The smallest absolute Gasteiger partial charge is 0.326 e. The molecule has 8 heteroatoms. The Bertz CT molecular complexity index is 325. The van der Waals surface area contributed by atoms with Gasteiger partial charge in [0, 0.05) is 33.2 Å². The van der Waals surface area contributed by atoms with Crippen LogP contribution < -0.4 is 5.32 Å². The molecule has 0 aromatic carbocycles. The molecule has 1 fully saturated rings. The highest BCUT2D eigenvalue weighted by Crippen LogP contribution is 2.17. The maximum Gasteiger partial charge on any atom is 0.326 e. The van der Waals surface area contributed by atoms with Crippen LogP contribution in [0.2, 0.25) is 0 Å². The van der Waals surface area contributed by atoms with Crippen LogP contribution in [-0.2, 0) is 14.3 Å². The first-order chi connectivity index (χ1) is 9.56. The molecule has 0 bridgehead atoms. The molecule has 116 valence electrons. The van der Waals surface area contributed by atoms with Crippen LogP contribution in [0.5, 0.6) is 0 Å². The Morgan fingerprint density at radius 3 is 2.75 bits per heavy atom. The molecular formula is C12H22N2O6. The molecule has 0 saturated carbocycles. The molecule has 1 saturated heterocycles. The molecule has 1 rings (SSSR count). The number of methoxy groups -OCH3 is 1. The van der Waals surface area contributed by atoms with E-state index in [0.717, 1.165) is 4.90 Å². The van der Waals surface area contributed by atoms with Gasteiger partial charge in [-0.3, -0.25) is 0 Å². The van der Waals surface area contributed by atoms with Gasteiger partial charge in [-0.25, -0.2) is 9.59 Å². The highest BCUT2D eigenvalue weighted by atomic mass is 16.5. The number of carbonyl (C=O) groups excluding carboxylic acids is 1. The van der Waals surface area contributed by atoms with Crippen LogP contribution in [-0.4, -0.2) is 79.3 Å². The third-order valence-electron chi connectivity index (χ3n) is 3.00. The lowest BCUT2D eigenvalue weighted by Crippen LogP contribution is -2.46. The normalized spacial score (nSPS) is 22.0. The van der Waals surface area contributed by atoms with Crippen LogP contribution in [0.25, 0.3) is 0 Å². The second kappa shape index (κ2) is 8.72. The number of aliphatic hydroxyl groups is 1. The molecule has 0 spiro atoms. The topological polar surface area (TPSA) is 108 Å². The van der Waals surface area contributed by atoms with E-state index in [9.17, 15) is 14.7 Å². The Kier molecular flexibility index (Phi) is 7.27. The number of rotatable bonds is 8. The van der Waals surface area contributed by atoms with Gasteiger partial charge in [0.1, 0.15) is 6.04 Å². The van der Waals surface area contributed by atoms with E-state index >= 15 is 0 Å². The Balaban J connectivity index is 2.20. The third-order valence-corrected chi connectivity index (χ3v) is 3.00. The van der Waals surface area contributed by atoms with E-state index in [1.54, 1.807) is 7.11 Å². The molecule has 20 heavy (non-hydrogen) atoms. The van der Waals surface area contributed by atoms with Crippen molar-refractivity contribution in [3.05, 3.63) is 0 Å². The van der Waals surface area contributed by atoms with Crippen molar-refractivity contribution >= 4 is 12.0 Å². The maximum atomic E-state index is 11.8. The predicted molar refractivity (Wildman–Crippen MR) is 69.5 cm³/mol. The number of nitrogens with one attached hydrogen (secondary N) is 1. The fraction of sp³-hybridized carbons (Fsp3) is 0.833. The number of urea groups is 1. The number of carbonyl (C=O) groups is 2. The molecule has 1 aliphatic rings. The van der Waals surface area contributed by atoms with Gasteiger partial charge in [0.25, 0.3) is 0 Å². The minimum absolute atomic E-state index is 0.0487. The standard InChI is InChI=1S/C12H22N2O6/c1-19-5-6-20-4-2-3-13-12(18)14-8-9(15)7-10(14)11(16)17/h9-10,15H,2-8H2,1H3,(H,13,18)(H,16,17)/t9?,10-/m0/s1. The summed E-state index contributed by atoms with van der Waals surface area (Å²) in [4.78, 5) is 23.9. The van der Waals surface area contributed by atoms with Crippen LogP contribution >= 0.6 is 0 Å². The minimum atomic E-state index is -1.10. The van der Waals surface area contributed by atoms with E-state index in [1.807, 2.05) is 0 Å². The largest absolute Gasteiger partial charge is 0.480 e. The zero-order valence-electron chi connectivity index (χ0n) is 11.6. The van der Waals surface area contributed by atoms with Gasteiger partial charge >= 0.3 is 12.0 Å². The van der Waals surface area contributed by atoms with Gasteiger partial charge in [-0.15, -0.1) is 0 Å². The maximum absolute atomic E-state index is 11.8. The van der Waals surface area contributed by atoms with Gasteiger partial charge in [0.2, 0.25) is 0 Å². The van der Waals surface area contributed by atoms with Crippen LogP contribution in [0, 0.1) is 0 Å². The van der Waals surface area contributed by atoms with Crippen LogP contribution in [0.4, 0.5) is 4.79 Å². The SMILES string of the molecule is COCCOCCCNC(=O)N1CC(O)C[C@H]1C(=O)O. The summed E-state index contributed by atoms with van der Waals surface area (Å²) in [6.45, 7) is 1.97. The van der Waals surface area contributed by atoms with Crippen molar-refractivity contribution < 1.29 is 29.3 Å². The van der Waals surface area contributed by atoms with Gasteiger partial charge in [-0.05, 0) is 6.42 Å². The van der Waals surface area contributed by atoms with Crippen molar-refractivity contribution in [3.8, 4) is 0 Å². The first kappa shape index (κ1) is 16.7. The van der Waals surface area contributed by atoms with Gasteiger partial charge in [0.05, 0.1) is 19.3 Å². The third kappa shape index (κ3) is 5.32. The summed E-state index contributed by atoms with van der Waals surface area (Å²) >= 11 is 0. The average Bonchev–Trinajstić information content (AvgIpc) is 2.80. The van der Waals surface area contributed by atoms with Crippen molar-refractivity contribution in [2.24, 2.45) is 0 Å². The second-order valence-corrected chi connectivity index (χ2v) is 4.59. The molecule has 1 heterocycles. The average molecular weight is 290 g/mol. The van der Waals surface area contributed by atoms with Gasteiger partial charge in [-0.1, -0.05) is 0 Å². The monoisotopic (exact) mass is 290 g/mol. The highest BCUT2D eigenvalue weighted by molar-refractivity contribution is 5.83. The van der Waals surface area contributed by atoms with Crippen molar-refractivity contribution in [3.63, 3.8) is 0 Å². The van der Waals surface area contributed by atoms with Crippen LogP contribution in [0.1, 0.15) is 12.8 Å². The molecule has 3 N–H and O–H groups in total. The molecule has 2 amide bonds. The fourth-order valence-corrected chi connectivity index (χ4v) is 1.99. The lowest BCUT2D eigenvalue weighted by molar-refractivity contribution is -0.141. The van der Waals surface area contributed by atoms with Crippen molar-refractivity contribution in [1.82, 2.24) is 10.2 Å². The number of amides is 2. The Labute approximate surface area is 117 Å². The summed E-state index contributed by atoms with van der Waals surface area (Å²) in [7, 11) is 1.59. The number of hydrogen-bond acceptors (Lipinski definition) is 5. The quantitative estimate of drug-likeness (QED) is 0.509. The Morgan fingerprint density at radius 2 is 2.10 bits per heavy atom. The Morgan fingerprint density at radius 1 is 1.35 bits per heavy atom. The summed E-state index contributed by atoms with van der Waals surface area (Å²) < 4.78 is 10.1. The summed E-state index contributed by atoms with van der Waals surface area (Å²) in [5.41, 5.74) is 0. The first-order valence-electron chi connectivity index (χ1n) is 6.58. The lowest BCUT2D eigenvalue weighted by atomic mass is 10.2. The lowest BCUT2D eigenvalue weighted by Gasteiger charge is -2.21. The fourth-order valence-electron chi connectivity index (χ4n) is 1.99.